The van der Waals surface area contributed by atoms with Gasteiger partial charge in [-0.1, -0.05) is 11.6 Å². The monoisotopic (exact) mass is 316 g/mol. The van der Waals surface area contributed by atoms with E-state index in [1.165, 1.54) is 0 Å². The Hall–Kier alpha value is -2.47. The molecule has 0 unspecified atom stereocenters. The Balaban J connectivity index is 1.68. The van der Waals surface area contributed by atoms with Crippen LogP contribution in [0, 0.1) is 0 Å². The third-order valence-corrected chi connectivity index (χ3v) is 4.08. The summed E-state index contributed by atoms with van der Waals surface area (Å²) in [4.78, 5) is 12.7. The lowest BCUT2D eigenvalue weighted by Gasteiger charge is -2.35. The minimum Gasteiger partial charge on any atom is -0.467 e. The van der Waals surface area contributed by atoms with Crippen LogP contribution in [0.15, 0.2) is 41.1 Å². The van der Waals surface area contributed by atoms with Gasteiger partial charge in [0.15, 0.2) is 5.69 Å². The standard InChI is InChI=1S/C15H13ClN4O2/c1-18-13-5-7-22-14(13)4-6-20(18)15(21)12-8-11-3-2-10(16)9-19(11)17-12/h2-3,5,7-9H,4,6H2,1H3. The Labute approximate surface area is 131 Å². The topological polar surface area (TPSA) is 54.0 Å². The summed E-state index contributed by atoms with van der Waals surface area (Å²) in [7, 11) is 1.85. The van der Waals surface area contributed by atoms with Gasteiger partial charge in [-0.15, -0.1) is 0 Å². The van der Waals surface area contributed by atoms with Crippen molar-refractivity contribution in [1.29, 1.82) is 0 Å². The van der Waals surface area contributed by atoms with Crippen LogP contribution >= 0.6 is 11.6 Å². The van der Waals surface area contributed by atoms with Crippen molar-refractivity contribution in [3.8, 4) is 0 Å². The van der Waals surface area contributed by atoms with Gasteiger partial charge in [-0.2, -0.15) is 5.10 Å². The lowest BCUT2D eigenvalue weighted by atomic mass is 10.2. The third-order valence-electron chi connectivity index (χ3n) is 3.86. The molecule has 22 heavy (non-hydrogen) atoms. The number of furan rings is 1. The summed E-state index contributed by atoms with van der Waals surface area (Å²) >= 11 is 5.95. The maximum absolute atomic E-state index is 12.7. The van der Waals surface area contributed by atoms with Crippen LogP contribution in [0.4, 0.5) is 5.69 Å². The van der Waals surface area contributed by atoms with E-state index in [1.807, 2.05) is 24.2 Å². The molecule has 0 bridgehead atoms. The molecule has 0 radical (unpaired) electrons. The van der Waals surface area contributed by atoms with Crippen molar-refractivity contribution in [3.63, 3.8) is 0 Å². The first-order chi connectivity index (χ1) is 10.6. The highest BCUT2D eigenvalue weighted by Crippen LogP contribution is 2.28. The number of hydrogen-bond donors (Lipinski definition) is 0. The number of amides is 1. The molecular formula is C15H13ClN4O2. The number of anilines is 1. The molecule has 1 aliphatic rings. The molecule has 1 amide bonds. The quantitative estimate of drug-likeness (QED) is 0.692. The van der Waals surface area contributed by atoms with Crippen molar-refractivity contribution in [2.75, 3.05) is 18.6 Å². The maximum Gasteiger partial charge on any atom is 0.292 e. The molecular weight excluding hydrogens is 304 g/mol. The SMILES string of the molecule is CN1c2ccoc2CCN1C(=O)c1cc2ccc(Cl)cn2n1. The summed E-state index contributed by atoms with van der Waals surface area (Å²) < 4.78 is 7.02. The van der Waals surface area contributed by atoms with Crippen LogP contribution in [-0.4, -0.2) is 34.1 Å². The molecule has 0 spiro atoms. The van der Waals surface area contributed by atoms with Gasteiger partial charge in [0.2, 0.25) is 0 Å². The number of hydrazine groups is 1. The van der Waals surface area contributed by atoms with E-state index in [1.54, 1.807) is 34.1 Å². The van der Waals surface area contributed by atoms with Gasteiger partial charge >= 0.3 is 0 Å². The second kappa shape index (κ2) is 4.78. The van der Waals surface area contributed by atoms with Crippen molar-refractivity contribution < 1.29 is 9.21 Å². The molecule has 4 rings (SSSR count). The van der Waals surface area contributed by atoms with E-state index in [0.717, 1.165) is 17.0 Å². The van der Waals surface area contributed by atoms with Gasteiger partial charge in [0.05, 0.1) is 29.0 Å². The molecule has 0 saturated heterocycles. The minimum atomic E-state index is -0.144. The van der Waals surface area contributed by atoms with Crippen molar-refractivity contribution >= 4 is 28.7 Å². The molecule has 3 aromatic heterocycles. The normalized spacial score (nSPS) is 14.5. The second-order valence-corrected chi connectivity index (χ2v) is 5.61. The summed E-state index contributed by atoms with van der Waals surface area (Å²) in [5.41, 5.74) is 2.13. The summed E-state index contributed by atoms with van der Waals surface area (Å²) in [5, 5.41) is 8.37. The Morgan fingerprint density at radius 2 is 2.23 bits per heavy atom. The average Bonchev–Trinajstić information content (AvgIpc) is 3.12. The number of halogens is 1. The van der Waals surface area contributed by atoms with E-state index in [-0.39, 0.29) is 5.91 Å². The number of rotatable bonds is 1. The largest absolute Gasteiger partial charge is 0.467 e. The summed E-state index contributed by atoms with van der Waals surface area (Å²) in [6, 6.07) is 7.23. The fraction of sp³-hybridized carbons (Fsp3) is 0.200. The number of hydrogen-bond acceptors (Lipinski definition) is 4. The highest BCUT2D eigenvalue weighted by molar-refractivity contribution is 6.30. The van der Waals surface area contributed by atoms with Crippen molar-refractivity contribution in [2.45, 2.75) is 6.42 Å². The molecule has 0 saturated carbocycles. The number of pyridine rings is 1. The van der Waals surface area contributed by atoms with Crippen LogP contribution < -0.4 is 5.01 Å². The van der Waals surface area contributed by atoms with E-state index in [0.29, 0.717) is 23.7 Å². The van der Waals surface area contributed by atoms with Crippen LogP contribution in [0.3, 0.4) is 0 Å². The summed E-state index contributed by atoms with van der Waals surface area (Å²) in [6.07, 6.45) is 4.02. The zero-order valence-corrected chi connectivity index (χ0v) is 12.6. The van der Waals surface area contributed by atoms with Crippen LogP contribution in [0.25, 0.3) is 5.52 Å². The fourth-order valence-electron chi connectivity index (χ4n) is 2.73. The number of nitrogens with zero attached hydrogens (tertiary/aromatic N) is 4. The molecule has 1 aliphatic heterocycles. The molecule has 112 valence electrons. The predicted octanol–water partition coefficient (Wildman–Crippen LogP) is 2.63. The zero-order valence-electron chi connectivity index (χ0n) is 11.9. The van der Waals surface area contributed by atoms with E-state index in [2.05, 4.69) is 5.10 Å². The predicted molar refractivity (Wildman–Crippen MR) is 82.1 cm³/mol. The van der Waals surface area contributed by atoms with E-state index < -0.39 is 0 Å². The molecule has 0 atom stereocenters. The van der Waals surface area contributed by atoms with Gasteiger partial charge in [-0.3, -0.25) is 9.80 Å². The Kier molecular flexibility index (Phi) is 2.87. The Morgan fingerprint density at radius 3 is 3.09 bits per heavy atom. The molecule has 0 fully saturated rings. The van der Waals surface area contributed by atoms with Crippen LogP contribution in [0.2, 0.25) is 5.02 Å². The first-order valence-corrected chi connectivity index (χ1v) is 7.28. The van der Waals surface area contributed by atoms with Crippen molar-refractivity contribution in [3.05, 3.63) is 53.2 Å². The molecule has 4 heterocycles. The van der Waals surface area contributed by atoms with E-state index in [4.69, 9.17) is 16.0 Å². The van der Waals surface area contributed by atoms with Gasteiger partial charge < -0.3 is 4.42 Å². The van der Waals surface area contributed by atoms with Gasteiger partial charge in [-0.05, 0) is 18.2 Å². The van der Waals surface area contributed by atoms with Crippen LogP contribution in [0.1, 0.15) is 16.2 Å². The van der Waals surface area contributed by atoms with E-state index >= 15 is 0 Å². The van der Waals surface area contributed by atoms with E-state index in [9.17, 15) is 4.79 Å². The van der Waals surface area contributed by atoms with Crippen molar-refractivity contribution in [1.82, 2.24) is 14.6 Å². The van der Waals surface area contributed by atoms with Gasteiger partial charge in [-0.25, -0.2) is 9.52 Å². The maximum atomic E-state index is 12.7. The van der Waals surface area contributed by atoms with Gasteiger partial charge in [0.1, 0.15) is 5.76 Å². The smallest absolute Gasteiger partial charge is 0.292 e. The zero-order chi connectivity index (χ0) is 15.3. The summed E-state index contributed by atoms with van der Waals surface area (Å²) in [6.45, 7) is 0.560. The molecule has 0 N–H and O–H groups in total. The third kappa shape index (κ3) is 1.95. The lowest BCUT2D eigenvalue weighted by Crippen LogP contribution is -2.48. The molecule has 3 aromatic rings. The lowest BCUT2D eigenvalue weighted by molar-refractivity contribution is 0.0728. The molecule has 6 nitrogen and oxygen atoms in total. The van der Waals surface area contributed by atoms with Gasteiger partial charge in [0.25, 0.3) is 5.91 Å². The number of fused-ring (bicyclic) bond motifs is 2. The second-order valence-electron chi connectivity index (χ2n) is 5.18. The fourth-order valence-corrected chi connectivity index (χ4v) is 2.89. The Morgan fingerprint density at radius 1 is 1.36 bits per heavy atom. The molecule has 0 aromatic carbocycles. The average molecular weight is 317 g/mol. The summed E-state index contributed by atoms with van der Waals surface area (Å²) in [5.74, 6) is 0.752. The highest BCUT2D eigenvalue weighted by Gasteiger charge is 2.29. The van der Waals surface area contributed by atoms with Crippen LogP contribution in [-0.2, 0) is 6.42 Å². The van der Waals surface area contributed by atoms with Crippen molar-refractivity contribution in [2.24, 2.45) is 0 Å². The first kappa shape index (κ1) is 13.2. The molecule has 0 aliphatic carbocycles. The number of carbonyl (C=O) groups is 1. The first-order valence-electron chi connectivity index (χ1n) is 6.90. The minimum absolute atomic E-state index is 0.144. The number of aromatic nitrogens is 2. The Bertz CT molecular complexity index is 869. The number of carbonyl (C=O) groups excluding carboxylic acids is 1. The van der Waals surface area contributed by atoms with Crippen LogP contribution in [0.5, 0.6) is 0 Å². The highest BCUT2D eigenvalue weighted by atomic mass is 35.5. The molecule has 7 heteroatoms. The van der Waals surface area contributed by atoms with Gasteiger partial charge in [0, 0.05) is 25.7 Å².